The van der Waals surface area contributed by atoms with E-state index in [2.05, 4.69) is 10.3 Å². The van der Waals surface area contributed by atoms with E-state index >= 15 is 0 Å². The van der Waals surface area contributed by atoms with E-state index in [1.54, 1.807) is 17.5 Å². The van der Waals surface area contributed by atoms with Gasteiger partial charge < -0.3 is 9.52 Å². The number of hydrogen-bond donors (Lipinski definition) is 2. The molecule has 0 fully saturated rings. The SMILES string of the molecule is O=C(O)CCc1csc(NC(=O)c2ccco2)n1. The molecule has 6 nitrogen and oxygen atoms in total. The first-order valence-electron chi connectivity index (χ1n) is 5.16. The second-order valence-electron chi connectivity index (χ2n) is 3.47. The maximum absolute atomic E-state index is 11.6. The van der Waals surface area contributed by atoms with Gasteiger partial charge in [0.2, 0.25) is 0 Å². The van der Waals surface area contributed by atoms with Gasteiger partial charge in [-0.05, 0) is 12.1 Å². The number of nitrogens with one attached hydrogen (secondary N) is 1. The molecule has 0 unspecified atom stereocenters. The molecule has 0 radical (unpaired) electrons. The Balaban J connectivity index is 1.94. The number of thiazole rings is 1. The minimum atomic E-state index is -0.871. The van der Waals surface area contributed by atoms with Gasteiger partial charge in [-0.2, -0.15) is 0 Å². The Morgan fingerprint density at radius 1 is 1.50 bits per heavy atom. The van der Waals surface area contributed by atoms with Gasteiger partial charge in [-0.25, -0.2) is 4.98 Å². The Hall–Kier alpha value is -2.15. The summed E-state index contributed by atoms with van der Waals surface area (Å²) in [6.45, 7) is 0. The van der Waals surface area contributed by atoms with Gasteiger partial charge in [-0.1, -0.05) is 0 Å². The van der Waals surface area contributed by atoms with Crippen molar-refractivity contribution in [1.29, 1.82) is 0 Å². The highest BCUT2D eigenvalue weighted by Crippen LogP contribution is 2.17. The molecule has 0 atom stereocenters. The Kier molecular flexibility index (Phi) is 3.73. The number of carbonyl (C=O) groups excluding carboxylic acids is 1. The zero-order valence-electron chi connectivity index (χ0n) is 9.25. The fraction of sp³-hybridized carbons (Fsp3) is 0.182. The number of rotatable bonds is 5. The van der Waals surface area contributed by atoms with Crippen LogP contribution in [0.2, 0.25) is 0 Å². The topological polar surface area (TPSA) is 92.4 Å². The van der Waals surface area contributed by atoms with Gasteiger partial charge in [0.15, 0.2) is 10.9 Å². The highest BCUT2D eigenvalue weighted by molar-refractivity contribution is 7.13. The Morgan fingerprint density at radius 3 is 3.00 bits per heavy atom. The van der Waals surface area contributed by atoms with Gasteiger partial charge in [0.05, 0.1) is 18.4 Å². The fourth-order valence-electron chi connectivity index (χ4n) is 1.28. The molecule has 0 aromatic carbocycles. The summed E-state index contributed by atoms with van der Waals surface area (Å²) in [7, 11) is 0. The van der Waals surface area contributed by atoms with Gasteiger partial charge in [0.25, 0.3) is 5.91 Å². The summed E-state index contributed by atoms with van der Waals surface area (Å²) in [5.41, 5.74) is 0.650. The van der Waals surface area contributed by atoms with Gasteiger partial charge in [-0.3, -0.25) is 14.9 Å². The highest BCUT2D eigenvalue weighted by Gasteiger charge is 2.11. The molecule has 0 aliphatic heterocycles. The molecule has 0 saturated heterocycles. The summed E-state index contributed by atoms with van der Waals surface area (Å²) in [4.78, 5) is 26.1. The summed E-state index contributed by atoms with van der Waals surface area (Å²) in [6, 6.07) is 3.17. The van der Waals surface area contributed by atoms with E-state index in [0.29, 0.717) is 17.2 Å². The average molecular weight is 266 g/mol. The standard InChI is InChI=1S/C11H10N2O4S/c14-9(15)4-3-7-6-18-11(12-7)13-10(16)8-2-1-5-17-8/h1-2,5-6H,3-4H2,(H,14,15)(H,12,13,16). The van der Waals surface area contributed by atoms with Crippen LogP contribution in [0.3, 0.4) is 0 Å². The van der Waals surface area contributed by atoms with Crippen LogP contribution in [0.4, 0.5) is 5.13 Å². The number of nitrogens with zero attached hydrogens (tertiary/aromatic N) is 1. The van der Waals surface area contributed by atoms with Gasteiger partial charge in [0.1, 0.15) is 0 Å². The van der Waals surface area contributed by atoms with Crippen LogP contribution >= 0.6 is 11.3 Å². The van der Waals surface area contributed by atoms with Crippen molar-refractivity contribution in [3.63, 3.8) is 0 Å². The van der Waals surface area contributed by atoms with Crippen LogP contribution in [0.15, 0.2) is 28.2 Å². The van der Waals surface area contributed by atoms with Crippen LogP contribution in [-0.4, -0.2) is 22.0 Å². The third-order valence-corrected chi connectivity index (χ3v) is 2.92. The van der Waals surface area contributed by atoms with Crippen LogP contribution in [0.5, 0.6) is 0 Å². The molecule has 2 aromatic rings. The maximum atomic E-state index is 11.6. The third-order valence-electron chi connectivity index (χ3n) is 2.11. The molecular weight excluding hydrogens is 256 g/mol. The number of carboxylic acid groups (broad SMARTS) is 1. The predicted octanol–water partition coefficient (Wildman–Crippen LogP) is 2.01. The van der Waals surface area contributed by atoms with Crippen LogP contribution in [0.1, 0.15) is 22.7 Å². The minimum Gasteiger partial charge on any atom is -0.481 e. The van der Waals surface area contributed by atoms with Crippen molar-refractivity contribution in [2.24, 2.45) is 0 Å². The molecule has 1 amide bonds. The van der Waals surface area contributed by atoms with E-state index < -0.39 is 5.97 Å². The van der Waals surface area contributed by atoms with Crippen LogP contribution < -0.4 is 5.32 Å². The Morgan fingerprint density at radius 2 is 2.33 bits per heavy atom. The van der Waals surface area contributed by atoms with Crippen LogP contribution in [-0.2, 0) is 11.2 Å². The smallest absolute Gasteiger partial charge is 0.303 e. The largest absolute Gasteiger partial charge is 0.481 e. The van der Waals surface area contributed by atoms with Crippen LogP contribution in [0, 0.1) is 0 Å². The molecule has 7 heteroatoms. The first-order valence-corrected chi connectivity index (χ1v) is 6.04. The Bertz CT molecular complexity index is 547. The monoisotopic (exact) mass is 266 g/mol. The molecule has 2 heterocycles. The van der Waals surface area contributed by atoms with Crippen LogP contribution in [0.25, 0.3) is 0 Å². The van der Waals surface area contributed by atoms with E-state index in [4.69, 9.17) is 9.52 Å². The fourth-order valence-corrected chi connectivity index (χ4v) is 2.02. The lowest BCUT2D eigenvalue weighted by molar-refractivity contribution is -0.136. The first kappa shape index (κ1) is 12.3. The number of furan rings is 1. The predicted molar refractivity (Wildman–Crippen MR) is 64.7 cm³/mol. The average Bonchev–Trinajstić information content (AvgIpc) is 2.97. The Labute approximate surface area is 106 Å². The highest BCUT2D eigenvalue weighted by atomic mass is 32.1. The zero-order chi connectivity index (χ0) is 13.0. The summed E-state index contributed by atoms with van der Waals surface area (Å²) in [6.07, 6.45) is 1.78. The van der Waals surface area contributed by atoms with E-state index in [1.807, 2.05) is 0 Å². The van der Waals surface area contributed by atoms with Gasteiger partial charge >= 0.3 is 5.97 Å². The molecule has 0 aliphatic rings. The molecule has 2 rings (SSSR count). The summed E-state index contributed by atoms with van der Waals surface area (Å²) >= 11 is 1.25. The minimum absolute atomic E-state index is 0.0231. The van der Waals surface area contributed by atoms with Crippen molar-refractivity contribution >= 4 is 28.3 Å². The number of hydrogen-bond acceptors (Lipinski definition) is 5. The normalized spacial score (nSPS) is 10.2. The summed E-state index contributed by atoms with van der Waals surface area (Å²) in [5, 5.41) is 13.3. The quantitative estimate of drug-likeness (QED) is 0.863. The number of carbonyl (C=O) groups is 2. The van der Waals surface area contributed by atoms with E-state index in [9.17, 15) is 9.59 Å². The molecule has 0 spiro atoms. The third kappa shape index (κ3) is 3.17. The molecular formula is C11H10N2O4S. The van der Waals surface area contributed by atoms with E-state index in [0.717, 1.165) is 0 Å². The van der Waals surface area contributed by atoms with Crippen molar-refractivity contribution < 1.29 is 19.1 Å². The van der Waals surface area contributed by atoms with Crippen molar-refractivity contribution in [3.8, 4) is 0 Å². The number of aromatic nitrogens is 1. The molecule has 2 aromatic heterocycles. The van der Waals surface area contributed by atoms with Crippen molar-refractivity contribution in [3.05, 3.63) is 35.2 Å². The van der Waals surface area contributed by atoms with Gasteiger partial charge in [0, 0.05) is 11.8 Å². The van der Waals surface area contributed by atoms with E-state index in [1.165, 1.54) is 17.6 Å². The number of amides is 1. The van der Waals surface area contributed by atoms with Gasteiger partial charge in [-0.15, -0.1) is 11.3 Å². The second-order valence-corrected chi connectivity index (χ2v) is 4.33. The number of anilines is 1. The van der Waals surface area contributed by atoms with Crippen molar-refractivity contribution in [2.45, 2.75) is 12.8 Å². The van der Waals surface area contributed by atoms with Crippen molar-refractivity contribution in [1.82, 2.24) is 4.98 Å². The number of aliphatic carboxylic acids is 1. The molecule has 0 bridgehead atoms. The lowest BCUT2D eigenvalue weighted by Crippen LogP contribution is -2.10. The van der Waals surface area contributed by atoms with E-state index in [-0.39, 0.29) is 18.1 Å². The molecule has 94 valence electrons. The molecule has 0 saturated carbocycles. The zero-order valence-corrected chi connectivity index (χ0v) is 10.1. The molecule has 0 aliphatic carbocycles. The summed E-state index contributed by atoms with van der Waals surface area (Å²) < 4.78 is 4.94. The lowest BCUT2D eigenvalue weighted by atomic mass is 10.2. The molecule has 18 heavy (non-hydrogen) atoms. The number of aryl methyl sites for hydroxylation is 1. The maximum Gasteiger partial charge on any atom is 0.303 e. The van der Waals surface area contributed by atoms with Crippen molar-refractivity contribution in [2.75, 3.05) is 5.32 Å². The number of carboxylic acids is 1. The molecule has 2 N–H and O–H groups in total. The second kappa shape index (κ2) is 5.46. The lowest BCUT2D eigenvalue weighted by Gasteiger charge is -1.97. The first-order chi connectivity index (χ1) is 8.65. The summed E-state index contributed by atoms with van der Waals surface area (Å²) in [5.74, 6) is -1.04.